The van der Waals surface area contributed by atoms with Crippen molar-refractivity contribution in [3.8, 4) is 5.75 Å². The zero-order valence-corrected chi connectivity index (χ0v) is 10.1. The highest BCUT2D eigenvalue weighted by Crippen LogP contribution is 2.13. The molecule has 1 N–H and O–H groups in total. The van der Waals surface area contributed by atoms with Crippen molar-refractivity contribution >= 4 is 0 Å². The number of benzene rings is 1. The van der Waals surface area contributed by atoms with Crippen molar-refractivity contribution in [3.05, 3.63) is 29.8 Å². The molecule has 0 saturated heterocycles. The summed E-state index contributed by atoms with van der Waals surface area (Å²) in [5.74, 6) is 0.896. The van der Waals surface area contributed by atoms with Crippen LogP contribution in [0.15, 0.2) is 24.3 Å². The summed E-state index contributed by atoms with van der Waals surface area (Å²) in [6, 6.07) is 7.62. The summed E-state index contributed by atoms with van der Waals surface area (Å²) in [6.45, 7) is 3.11. The number of ether oxygens (including phenoxy) is 1. The van der Waals surface area contributed by atoms with Crippen molar-refractivity contribution in [2.75, 3.05) is 6.61 Å². The highest BCUT2D eigenvalue weighted by Gasteiger charge is 1.94. The van der Waals surface area contributed by atoms with E-state index in [9.17, 15) is 0 Å². The molecule has 2 heteroatoms. The molecule has 0 aliphatic carbocycles. The van der Waals surface area contributed by atoms with Gasteiger partial charge in [-0.2, -0.15) is 0 Å². The quantitative estimate of drug-likeness (QED) is 0.682. The lowest BCUT2D eigenvalue weighted by Crippen LogP contribution is -1.97. The third kappa shape index (κ3) is 5.17. The molecular formula is C14H22O2. The second kappa shape index (κ2) is 8.17. The maximum Gasteiger partial charge on any atom is 0.119 e. The van der Waals surface area contributed by atoms with Crippen LogP contribution in [0.4, 0.5) is 0 Å². The fourth-order valence-electron chi connectivity index (χ4n) is 1.59. The van der Waals surface area contributed by atoms with Crippen LogP contribution in [0.3, 0.4) is 0 Å². The molecule has 0 aliphatic rings. The Morgan fingerprint density at radius 2 is 1.69 bits per heavy atom. The van der Waals surface area contributed by atoms with Crippen LogP contribution in [-0.2, 0) is 6.61 Å². The van der Waals surface area contributed by atoms with E-state index in [1.165, 1.54) is 25.7 Å². The maximum atomic E-state index is 8.88. The van der Waals surface area contributed by atoms with Crippen molar-refractivity contribution in [2.24, 2.45) is 0 Å². The monoisotopic (exact) mass is 222 g/mol. The van der Waals surface area contributed by atoms with Crippen molar-refractivity contribution in [1.82, 2.24) is 0 Å². The third-order valence-corrected chi connectivity index (χ3v) is 2.62. The third-order valence-electron chi connectivity index (χ3n) is 2.62. The number of aliphatic hydroxyl groups excluding tert-OH is 1. The molecule has 0 atom stereocenters. The Morgan fingerprint density at radius 1 is 1.00 bits per heavy atom. The van der Waals surface area contributed by atoms with E-state index in [4.69, 9.17) is 9.84 Å². The molecule has 0 amide bonds. The van der Waals surface area contributed by atoms with Gasteiger partial charge in [0.05, 0.1) is 13.2 Å². The molecule has 0 bridgehead atoms. The maximum absolute atomic E-state index is 8.88. The first-order chi connectivity index (χ1) is 7.86. The molecule has 0 saturated carbocycles. The SMILES string of the molecule is CCCCCCCOc1ccc(CO)cc1. The highest BCUT2D eigenvalue weighted by molar-refractivity contribution is 5.26. The van der Waals surface area contributed by atoms with E-state index in [0.717, 1.165) is 24.3 Å². The van der Waals surface area contributed by atoms with Gasteiger partial charge in [0.25, 0.3) is 0 Å². The fraction of sp³-hybridized carbons (Fsp3) is 0.571. The van der Waals surface area contributed by atoms with Crippen LogP contribution < -0.4 is 4.74 Å². The topological polar surface area (TPSA) is 29.5 Å². The standard InChI is InChI=1S/C14H22O2/c1-2-3-4-5-6-11-16-14-9-7-13(12-15)8-10-14/h7-10,15H,2-6,11-12H2,1H3. The van der Waals surface area contributed by atoms with Gasteiger partial charge in [0, 0.05) is 0 Å². The number of hydrogen-bond acceptors (Lipinski definition) is 2. The minimum Gasteiger partial charge on any atom is -0.494 e. The Hall–Kier alpha value is -1.02. The molecule has 16 heavy (non-hydrogen) atoms. The van der Waals surface area contributed by atoms with Crippen LogP contribution in [0.2, 0.25) is 0 Å². The van der Waals surface area contributed by atoms with Gasteiger partial charge >= 0.3 is 0 Å². The van der Waals surface area contributed by atoms with Crippen LogP contribution in [0, 0.1) is 0 Å². The first-order valence-corrected chi connectivity index (χ1v) is 6.19. The van der Waals surface area contributed by atoms with Gasteiger partial charge in [0.1, 0.15) is 5.75 Å². The van der Waals surface area contributed by atoms with Crippen LogP contribution in [0.1, 0.15) is 44.6 Å². The molecule has 0 aliphatic heterocycles. The van der Waals surface area contributed by atoms with E-state index < -0.39 is 0 Å². The van der Waals surface area contributed by atoms with Crippen LogP contribution in [0.5, 0.6) is 5.75 Å². The van der Waals surface area contributed by atoms with Gasteiger partial charge in [0.2, 0.25) is 0 Å². The van der Waals surface area contributed by atoms with Crippen LogP contribution in [-0.4, -0.2) is 11.7 Å². The average molecular weight is 222 g/mol. The first kappa shape index (κ1) is 13.0. The highest BCUT2D eigenvalue weighted by atomic mass is 16.5. The molecule has 0 radical (unpaired) electrons. The molecule has 1 rings (SSSR count). The minimum atomic E-state index is 0.0945. The van der Waals surface area contributed by atoms with Gasteiger partial charge in [0.15, 0.2) is 0 Å². The van der Waals surface area contributed by atoms with E-state index in [1.54, 1.807) is 0 Å². The van der Waals surface area contributed by atoms with Gasteiger partial charge in [-0.25, -0.2) is 0 Å². The molecular weight excluding hydrogens is 200 g/mol. The van der Waals surface area contributed by atoms with Crippen molar-refractivity contribution < 1.29 is 9.84 Å². The number of unbranched alkanes of at least 4 members (excludes halogenated alkanes) is 4. The molecule has 2 nitrogen and oxygen atoms in total. The number of rotatable bonds is 8. The Bertz CT molecular complexity index is 267. The Morgan fingerprint density at radius 3 is 2.31 bits per heavy atom. The van der Waals surface area contributed by atoms with Gasteiger partial charge < -0.3 is 9.84 Å². The molecule has 0 unspecified atom stereocenters. The number of aliphatic hydroxyl groups is 1. The smallest absolute Gasteiger partial charge is 0.119 e. The summed E-state index contributed by atoms with van der Waals surface area (Å²) in [5, 5.41) is 8.88. The van der Waals surface area contributed by atoms with Gasteiger partial charge in [-0.05, 0) is 24.1 Å². The summed E-state index contributed by atoms with van der Waals surface area (Å²) in [4.78, 5) is 0. The molecule has 0 spiro atoms. The van der Waals surface area contributed by atoms with Crippen molar-refractivity contribution in [2.45, 2.75) is 45.6 Å². The van der Waals surface area contributed by atoms with E-state index in [1.807, 2.05) is 24.3 Å². The summed E-state index contributed by atoms with van der Waals surface area (Å²) >= 11 is 0. The molecule has 0 fully saturated rings. The minimum absolute atomic E-state index is 0.0945. The fourth-order valence-corrected chi connectivity index (χ4v) is 1.59. The predicted molar refractivity (Wildman–Crippen MR) is 66.6 cm³/mol. The lowest BCUT2D eigenvalue weighted by molar-refractivity contribution is 0.281. The van der Waals surface area contributed by atoms with E-state index in [-0.39, 0.29) is 6.61 Å². The van der Waals surface area contributed by atoms with Gasteiger partial charge in [-0.3, -0.25) is 0 Å². The Kier molecular flexibility index (Phi) is 6.66. The average Bonchev–Trinajstić information content (AvgIpc) is 2.34. The van der Waals surface area contributed by atoms with Crippen LogP contribution in [0.25, 0.3) is 0 Å². The van der Waals surface area contributed by atoms with E-state index in [2.05, 4.69) is 6.92 Å². The Labute approximate surface area is 98.3 Å². The lowest BCUT2D eigenvalue weighted by Gasteiger charge is -2.06. The van der Waals surface area contributed by atoms with Gasteiger partial charge in [-0.1, -0.05) is 44.7 Å². The number of hydrogen-bond donors (Lipinski definition) is 1. The zero-order valence-electron chi connectivity index (χ0n) is 10.1. The molecule has 1 aromatic carbocycles. The van der Waals surface area contributed by atoms with E-state index in [0.29, 0.717) is 0 Å². The summed E-state index contributed by atoms with van der Waals surface area (Å²) in [7, 11) is 0. The Balaban J connectivity index is 2.12. The van der Waals surface area contributed by atoms with E-state index >= 15 is 0 Å². The first-order valence-electron chi connectivity index (χ1n) is 6.19. The van der Waals surface area contributed by atoms with Crippen molar-refractivity contribution in [3.63, 3.8) is 0 Å². The normalized spacial score (nSPS) is 10.4. The summed E-state index contributed by atoms with van der Waals surface area (Å²) in [5.41, 5.74) is 0.926. The molecule has 0 aromatic heterocycles. The predicted octanol–water partition coefficient (Wildman–Crippen LogP) is 3.53. The van der Waals surface area contributed by atoms with Gasteiger partial charge in [-0.15, -0.1) is 0 Å². The lowest BCUT2D eigenvalue weighted by atomic mass is 10.2. The summed E-state index contributed by atoms with van der Waals surface area (Å²) < 4.78 is 5.60. The molecule has 1 aromatic rings. The largest absolute Gasteiger partial charge is 0.494 e. The van der Waals surface area contributed by atoms with Crippen LogP contribution >= 0.6 is 0 Å². The zero-order chi connectivity index (χ0) is 11.6. The second-order valence-electron chi connectivity index (χ2n) is 4.06. The molecule has 0 heterocycles. The second-order valence-corrected chi connectivity index (χ2v) is 4.06. The van der Waals surface area contributed by atoms with Crippen molar-refractivity contribution in [1.29, 1.82) is 0 Å². The summed E-state index contributed by atoms with van der Waals surface area (Å²) in [6.07, 6.45) is 6.29. The molecule has 90 valence electrons.